The molecule has 0 aromatic heterocycles. The Balaban J connectivity index is 2.20. The third kappa shape index (κ3) is 1.95. The van der Waals surface area contributed by atoms with E-state index < -0.39 is 0 Å². The smallest absolute Gasteiger partial charge is 0.143 e. The number of para-hydroxylation sites is 1. The van der Waals surface area contributed by atoms with Crippen LogP contribution >= 0.6 is 0 Å². The zero-order valence-corrected chi connectivity index (χ0v) is 9.23. The highest BCUT2D eigenvalue weighted by molar-refractivity contribution is 5.66. The summed E-state index contributed by atoms with van der Waals surface area (Å²) in [6.45, 7) is 0. The van der Waals surface area contributed by atoms with Gasteiger partial charge in [-0.05, 0) is 25.0 Å². The Hall–Kier alpha value is -1.73. The van der Waals surface area contributed by atoms with Crippen LogP contribution in [0.4, 0.5) is 5.69 Å². The molecule has 3 N–H and O–H groups in total. The van der Waals surface area contributed by atoms with Crippen LogP contribution in [0.1, 0.15) is 18.4 Å². The highest BCUT2D eigenvalue weighted by Crippen LogP contribution is 2.31. The Morgan fingerprint density at radius 2 is 2.25 bits per heavy atom. The van der Waals surface area contributed by atoms with Crippen molar-refractivity contribution in [2.75, 3.05) is 12.4 Å². The number of methoxy groups -OCH3 is 1. The number of nitrogens with one attached hydrogen (secondary N) is 1. The fourth-order valence-electron chi connectivity index (χ4n) is 1.93. The maximum absolute atomic E-state index is 9.02. The van der Waals surface area contributed by atoms with Gasteiger partial charge in [-0.3, -0.25) is 0 Å². The van der Waals surface area contributed by atoms with E-state index >= 15 is 0 Å². The number of hydrogen-bond acceptors (Lipinski definition) is 4. The molecule has 2 rings (SSSR count). The van der Waals surface area contributed by atoms with Crippen LogP contribution in [-0.2, 0) is 0 Å². The summed E-state index contributed by atoms with van der Waals surface area (Å²) < 4.78 is 5.24. The highest BCUT2D eigenvalue weighted by atomic mass is 16.5. The molecule has 0 spiro atoms. The van der Waals surface area contributed by atoms with Gasteiger partial charge in [-0.1, -0.05) is 6.07 Å². The summed E-state index contributed by atoms with van der Waals surface area (Å²) in [4.78, 5) is 0. The van der Waals surface area contributed by atoms with Crippen LogP contribution in [0.5, 0.6) is 5.75 Å². The molecule has 0 bridgehead atoms. The van der Waals surface area contributed by atoms with E-state index in [0.29, 0.717) is 17.4 Å². The number of benzene rings is 1. The minimum Gasteiger partial charge on any atom is -0.495 e. The minimum absolute atomic E-state index is 0.290. The first-order valence-corrected chi connectivity index (χ1v) is 5.33. The molecule has 1 aromatic rings. The van der Waals surface area contributed by atoms with Crippen molar-refractivity contribution in [1.29, 1.82) is 5.26 Å². The average molecular weight is 217 g/mol. The third-order valence-corrected chi connectivity index (χ3v) is 2.89. The number of nitrogens with two attached hydrogens (primary N) is 1. The van der Waals surface area contributed by atoms with Gasteiger partial charge in [0, 0.05) is 12.1 Å². The zero-order chi connectivity index (χ0) is 11.5. The van der Waals surface area contributed by atoms with E-state index in [-0.39, 0.29) is 6.04 Å². The molecule has 1 fully saturated rings. The summed E-state index contributed by atoms with van der Waals surface area (Å²) in [6.07, 6.45) is 1.89. The molecule has 0 unspecified atom stereocenters. The standard InChI is InChI=1S/C12H15N3O/c1-16-11-4-2-3-8(7-13)12(11)15-10-5-9(14)6-10/h2-4,9-10,15H,5-6,14H2,1H3. The zero-order valence-electron chi connectivity index (χ0n) is 9.23. The van der Waals surface area contributed by atoms with Crippen molar-refractivity contribution in [2.24, 2.45) is 5.73 Å². The van der Waals surface area contributed by atoms with Gasteiger partial charge in [-0.2, -0.15) is 5.26 Å². The lowest BCUT2D eigenvalue weighted by molar-refractivity contribution is 0.369. The third-order valence-electron chi connectivity index (χ3n) is 2.89. The Morgan fingerprint density at radius 1 is 1.50 bits per heavy atom. The van der Waals surface area contributed by atoms with E-state index in [4.69, 9.17) is 15.7 Å². The largest absolute Gasteiger partial charge is 0.495 e. The Kier molecular flexibility index (Phi) is 2.97. The Labute approximate surface area is 95.0 Å². The topological polar surface area (TPSA) is 71.1 Å². The van der Waals surface area contributed by atoms with Crippen LogP contribution in [0.15, 0.2) is 18.2 Å². The number of nitriles is 1. The SMILES string of the molecule is COc1cccc(C#N)c1NC1CC(N)C1. The molecular formula is C12H15N3O. The van der Waals surface area contributed by atoms with E-state index in [0.717, 1.165) is 18.5 Å². The first-order chi connectivity index (χ1) is 7.74. The van der Waals surface area contributed by atoms with Crippen molar-refractivity contribution in [3.63, 3.8) is 0 Å². The predicted molar refractivity (Wildman–Crippen MR) is 62.3 cm³/mol. The summed E-state index contributed by atoms with van der Waals surface area (Å²) in [6, 6.07) is 8.26. The molecule has 0 radical (unpaired) electrons. The van der Waals surface area contributed by atoms with Gasteiger partial charge in [0.15, 0.2) is 0 Å². The molecular weight excluding hydrogens is 202 g/mol. The van der Waals surface area contributed by atoms with Crippen LogP contribution < -0.4 is 15.8 Å². The van der Waals surface area contributed by atoms with E-state index in [1.54, 1.807) is 13.2 Å². The van der Waals surface area contributed by atoms with Gasteiger partial charge < -0.3 is 15.8 Å². The van der Waals surface area contributed by atoms with Crippen molar-refractivity contribution in [3.05, 3.63) is 23.8 Å². The van der Waals surface area contributed by atoms with Gasteiger partial charge >= 0.3 is 0 Å². The summed E-state index contributed by atoms with van der Waals surface area (Å²) in [5, 5.41) is 12.3. The van der Waals surface area contributed by atoms with Crippen LogP contribution in [0.3, 0.4) is 0 Å². The Bertz CT molecular complexity index is 419. The van der Waals surface area contributed by atoms with Crippen LogP contribution in [-0.4, -0.2) is 19.2 Å². The number of ether oxygens (including phenoxy) is 1. The molecule has 0 amide bonds. The van der Waals surface area contributed by atoms with Gasteiger partial charge in [0.25, 0.3) is 0 Å². The summed E-state index contributed by atoms with van der Waals surface area (Å²) in [7, 11) is 1.61. The fourth-order valence-corrected chi connectivity index (χ4v) is 1.93. The number of nitrogens with zero attached hydrogens (tertiary/aromatic N) is 1. The second-order valence-electron chi connectivity index (χ2n) is 4.07. The second-order valence-corrected chi connectivity index (χ2v) is 4.07. The maximum Gasteiger partial charge on any atom is 0.143 e. The van der Waals surface area contributed by atoms with Crippen molar-refractivity contribution in [2.45, 2.75) is 24.9 Å². The molecule has 0 saturated heterocycles. The van der Waals surface area contributed by atoms with Crippen molar-refractivity contribution >= 4 is 5.69 Å². The molecule has 0 heterocycles. The molecule has 1 aliphatic carbocycles. The average Bonchev–Trinajstić information content (AvgIpc) is 2.27. The predicted octanol–water partition coefficient (Wildman–Crippen LogP) is 1.47. The van der Waals surface area contributed by atoms with Gasteiger partial charge in [-0.25, -0.2) is 0 Å². The Morgan fingerprint density at radius 3 is 2.81 bits per heavy atom. The normalized spacial score (nSPS) is 23.1. The van der Waals surface area contributed by atoms with E-state index in [1.165, 1.54) is 0 Å². The van der Waals surface area contributed by atoms with Crippen molar-refractivity contribution in [1.82, 2.24) is 0 Å². The molecule has 1 aromatic carbocycles. The van der Waals surface area contributed by atoms with Crippen LogP contribution in [0.2, 0.25) is 0 Å². The lowest BCUT2D eigenvalue weighted by Crippen LogP contribution is -2.44. The van der Waals surface area contributed by atoms with Gasteiger partial charge in [-0.15, -0.1) is 0 Å². The molecule has 4 heteroatoms. The van der Waals surface area contributed by atoms with Gasteiger partial charge in [0.2, 0.25) is 0 Å². The van der Waals surface area contributed by atoms with Gasteiger partial charge in [0.1, 0.15) is 11.8 Å². The number of rotatable bonds is 3. The first-order valence-electron chi connectivity index (χ1n) is 5.33. The monoisotopic (exact) mass is 217 g/mol. The van der Waals surface area contributed by atoms with E-state index in [1.807, 2.05) is 12.1 Å². The van der Waals surface area contributed by atoms with E-state index in [9.17, 15) is 0 Å². The minimum atomic E-state index is 0.290. The van der Waals surface area contributed by atoms with Gasteiger partial charge in [0.05, 0.1) is 18.4 Å². The second kappa shape index (κ2) is 4.42. The lowest BCUT2D eigenvalue weighted by atomic mass is 9.87. The fraction of sp³-hybridized carbons (Fsp3) is 0.417. The quantitative estimate of drug-likeness (QED) is 0.804. The number of hydrogen-bond donors (Lipinski definition) is 2. The summed E-state index contributed by atoms with van der Waals surface area (Å²) in [5.74, 6) is 0.708. The molecule has 1 saturated carbocycles. The van der Waals surface area contributed by atoms with Crippen molar-refractivity contribution < 1.29 is 4.74 Å². The molecule has 16 heavy (non-hydrogen) atoms. The first kappa shape index (κ1) is 10.8. The molecule has 84 valence electrons. The van der Waals surface area contributed by atoms with Crippen LogP contribution in [0.25, 0.3) is 0 Å². The summed E-state index contributed by atoms with van der Waals surface area (Å²) in [5.41, 5.74) is 7.12. The van der Waals surface area contributed by atoms with Crippen LogP contribution in [0, 0.1) is 11.3 Å². The number of anilines is 1. The molecule has 4 nitrogen and oxygen atoms in total. The molecule has 0 aliphatic heterocycles. The van der Waals surface area contributed by atoms with Crippen molar-refractivity contribution in [3.8, 4) is 11.8 Å². The lowest BCUT2D eigenvalue weighted by Gasteiger charge is -2.34. The van der Waals surface area contributed by atoms with E-state index in [2.05, 4.69) is 11.4 Å². The highest BCUT2D eigenvalue weighted by Gasteiger charge is 2.27. The molecule has 1 aliphatic rings. The molecule has 0 atom stereocenters. The maximum atomic E-state index is 9.02. The summed E-state index contributed by atoms with van der Waals surface area (Å²) >= 11 is 0.